The third kappa shape index (κ3) is 11.5. The van der Waals surface area contributed by atoms with Gasteiger partial charge in [-0.3, -0.25) is 0 Å². The molecule has 0 aliphatic heterocycles. The molecule has 170 valence electrons. The standard InChI is InChI=1S/C17H48O5Si6/c1-18-28(19-2,20-3)17-27(13,14)22-26(11,12)16-25(9,10)21-24(7,8)15-23(4,5)6/h15-17H2,1-14H3. The van der Waals surface area contributed by atoms with Gasteiger partial charge in [-0.25, -0.2) is 0 Å². The molecule has 0 aliphatic rings. The van der Waals surface area contributed by atoms with E-state index in [-0.39, 0.29) is 0 Å². The molecular formula is C17H48O5Si6. The van der Waals surface area contributed by atoms with Crippen molar-refractivity contribution in [2.24, 2.45) is 0 Å². The van der Waals surface area contributed by atoms with E-state index in [1.165, 1.54) is 5.67 Å². The monoisotopic (exact) mass is 500 g/mol. The predicted molar refractivity (Wildman–Crippen MR) is 137 cm³/mol. The van der Waals surface area contributed by atoms with Crippen molar-refractivity contribution >= 4 is 50.1 Å². The topological polar surface area (TPSA) is 46.2 Å². The zero-order valence-electron chi connectivity index (χ0n) is 21.2. The van der Waals surface area contributed by atoms with Crippen molar-refractivity contribution in [1.29, 1.82) is 0 Å². The highest BCUT2D eigenvalue weighted by molar-refractivity contribution is 7.00. The van der Waals surface area contributed by atoms with Gasteiger partial charge in [0, 0.05) is 35.1 Å². The first-order valence-electron chi connectivity index (χ1n) is 10.3. The van der Waals surface area contributed by atoms with Gasteiger partial charge in [-0.1, -0.05) is 19.6 Å². The van der Waals surface area contributed by atoms with Gasteiger partial charge in [-0.05, 0) is 63.7 Å². The molecule has 0 rings (SSSR count). The average Bonchev–Trinajstić information content (AvgIpc) is 2.37. The minimum atomic E-state index is -2.63. The summed E-state index contributed by atoms with van der Waals surface area (Å²) in [6, 6.07) is 0. The summed E-state index contributed by atoms with van der Waals surface area (Å²) in [5, 5.41) is 0. The lowest BCUT2D eigenvalue weighted by Gasteiger charge is -2.42. The van der Waals surface area contributed by atoms with Gasteiger partial charge in [0.05, 0.1) is 0 Å². The molecule has 0 unspecified atom stereocenters. The maximum absolute atomic E-state index is 6.93. The Labute approximate surface area is 181 Å². The Morgan fingerprint density at radius 2 is 0.714 bits per heavy atom. The van der Waals surface area contributed by atoms with Crippen molar-refractivity contribution in [3.8, 4) is 0 Å². The van der Waals surface area contributed by atoms with Crippen LogP contribution in [-0.4, -0.2) is 71.5 Å². The van der Waals surface area contributed by atoms with E-state index in [0.29, 0.717) is 0 Å². The van der Waals surface area contributed by atoms with Gasteiger partial charge in [0.15, 0.2) is 33.3 Å². The van der Waals surface area contributed by atoms with Crippen LogP contribution >= 0.6 is 0 Å². The van der Waals surface area contributed by atoms with E-state index >= 15 is 0 Å². The Kier molecular flexibility index (Phi) is 10.5. The molecule has 0 aromatic carbocycles. The Balaban J connectivity index is 5.19. The van der Waals surface area contributed by atoms with Crippen molar-refractivity contribution in [1.82, 2.24) is 0 Å². The van der Waals surface area contributed by atoms with Crippen LogP contribution < -0.4 is 0 Å². The molecule has 0 aliphatic carbocycles. The van der Waals surface area contributed by atoms with Crippen LogP contribution in [0.25, 0.3) is 0 Å². The molecule has 0 amide bonds. The van der Waals surface area contributed by atoms with Gasteiger partial charge in [-0.2, -0.15) is 0 Å². The van der Waals surface area contributed by atoms with Crippen LogP contribution in [0.3, 0.4) is 0 Å². The largest absolute Gasteiger partial charge is 0.499 e. The number of hydrogen-bond acceptors (Lipinski definition) is 5. The van der Waals surface area contributed by atoms with Gasteiger partial charge in [-0.15, -0.1) is 0 Å². The second-order valence-corrected chi connectivity index (χ2v) is 39.3. The summed E-state index contributed by atoms with van der Waals surface area (Å²) >= 11 is 0. The van der Waals surface area contributed by atoms with Gasteiger partial charge in [0.25, 0.3) is 0 Å². The molecule has 0 saturated carbocycles. The molecule has 0 fully saturated rings. The van der Waals surface area contributed by atoms with Crippen LogP contribution in [-0.2, 0) is 21.5 Å². The fourth-order valence-corrected chi connectivity index (χ4v) is 45.5. The van der Waals surface area contributed by atoms with Crippen molar-refractivity contribution in [3.63, 3.8) is 0 Å². The SMILES string of the molecule is CO[Si](C[Si](C)(C)O[Si](C)(C)C[Si](C)(C)O[Si](C)(C)C[Si](C)(C)C)(OC)OC. The summed E-state index contributed by atoms with van der Waals surface area (Å²) in [6.07, 6.45) is 0. The third-order valence-electron chi connectivity index (χ3n) is 4.49. The second-order valence-electron chi connectivity index (χ2n) is 11.6. The fraction of sp³-hybridized carbons (Fsp3) is 1.00. The maximum atomic E-state index is 6.93. The maximum Gasteiger partial charge on any atom is 0.499 e. The number of hydrogen-bond donors (Lipinski definition) is 0. The summed E-state index contributed by atoms with van der Waals surface area (Å²) in [6.45, 7) is 26.2. The average molecular weight is 501 g/mol. The van der Waals surface area contributed by atoms with Crippen molar-refractivity contribution in [3.05, 3.63) is 0 Å². The van der Waals surface area contributed by atoms with E-state index in [2.05, 4.69) is 72.0 Å². The summed E-state index contributed by atoms with van der Waals surface area (Å²) in [7, 11) is -6.02. The Hall–Kier alpha value is 1.10. The molecule has 11 heteroatoms. The van der Waals surface area contributed by atoms with Crippen molar-refractivity contribution in [2.45, 2.75) is 89.0 Å². The summed E-state index contributed by atoms with van der Waals surface area (Å²) in [4.78, 5) is 0. The van der Waals surface area contributed by atoms with Gasteiger partial charge in [0.2, 0.25) is 0 Å². The van der Waals surface area contributed by atoms with Gasteiger partial charge >= 0.3 is 8.80 Å². The first kappa shape index (κ1) is 29.1. The Morgan fingerprint density at radius 1 is 0.429 bits per heavy atom. The first-order valence-corrected chi connectivity index (χ1v) is 28.4. The van der Waals surface area contributed by atoms with Crippen molar-refractivity contribution < 1.29 is 21.5 Å². The normalized spacial score (nSPS) is 15.2. The molecule has 0 heterocycles. The van der Waals surface area contributed by atoms with E-state index in [4.69, 9.17) is 21.5 Å². The minimum absolute atomic E-state index is 0.776. The first-order chi connectivity index (χ1) is 12.2. The van der Waals surface area contributed by atoms with Crippen LogP contribution in [0.2, 0.25) is 89.0 Å². The molecule has 0 radical (unpaired) electrons. The lowest BCUT2D eigenvalue weighted by molar-refractivity contribution is 0.127. The second kappa shape index (κ2) is 10.1. The summed E-state index contributed by atoms with van der Waals surface area (Å²) in [5.74, 6) is 0. The molecule has 0 saturated heterocycles. The zero-order valence-corrected chi connectivity index (χ0v) is 27.2. The van der Waals surface area contributed by atoms with Crippen LogP contribution in [0.15, 0.2) is 0 Å². The molecule has 28 heavy (non-hydrogen) atoms. The quantitative estimate of drug-likeness (QED) is 0.305. The molecule has 0 atom stereocenters. The molecule has 0 aromatic heterocycles. The van der Waals surface area contributed by atoms with E-state index in [1.807, 2.05) is 0 Å². The molecule has 5 nitrogen and oxygen atoms in total. The lowest BCUT2D eigenvalue weighted by atomic mass is 11.7. The third-order valence-corrected chi connectivity index (χ3v) is 34.8. The van der Waals surface area contributed by atoms with E-state index in [9.17, 15) is 0 Å². The number of rotatable bonds is 13. The van der Waals surface area contributed by atoms with Crippen LogP contribution in [0.5, 0.6) is 0 Å². The molecule has 0 spiro atoms. The predicted octanol–water partition coefficient (Wildman–Crippen LogP) is 5.67. The van der Waals surface area contributed by atoms with Crippen LogP contribution in [0, 0.1) is 0 Å². The van der Waals surface area contributed by atoms with Crippen molar-refractivity contribution in [2.75, 3.05) is 21.3 Å². The van der Waals surface area contributed by atoms with Crippen LogP contribution in [0.4, 0.5) is 0 Å². The van der Waals surface area contributed by atoms with E-state index in [0.717, 1.165) is 11.3 Å². The highest BCUT2D eigenvalue weighted by Crippen LogP contribution is 2.32. The molecule has 0 N–H and O–H groups in total. The molecule has 0 aromatic rings. The summed E-state index contributed by atoms with van der Waals surface area (Å²) < 4.78 is 30.8. The van der Waals surface area contributed by atoms with Gasteiger partial charge < -0.3 is 21.5 Å². The van der Waals surface area contributed by atoms with Gasteiger partial charge in [0.1, 0.15) is 0 Å². The zero-order chi connectivity index (χ0) is 22.7. The Morgan fingerprint density at radius 3 is 1.00 bits per heavy atom. The van der Waals surface area contributed by atoms with Crippen LogP contribution in [0.1, 0.15) is 0 Å². The highest BCUT2D eigenvalue weighted by Gasteiger charge is 2.49. The molecule has 0 bridgehead atoms. The Bertz CT molecular complexity index is 479. The minimum Gasteiger partial charge on any atom is -0.456 e. The smallest absolute Gasteiger partial charge is 0.456 e. The van der Waals surface area contributed by atoms with E-state index in [1.54, 1.807) is 21.3 Å². The van der Waals surface area contributed by atoms with E-state index < -0.39 is 50.1 Å². The summed E-state index contributed by atoms with van der Waals surface area (Å²) in [5.41, 5.74) is 3.22. The fourth-order valence-electron chi connectivity index (χ4n) is 4.93. The molecular weight excluding hydrogens is 453 g/mol. The highest BCUT2D eigenvalue weighted by atomic mass is 28.5. The lowest BCUT2D eigenvalue weighted by Crippen LogP contribution is -2.57.